The van der Waals surface area contributed by atoms with E-state index in [2.05, 4.69) is 0 Å². The highest BCUT2D eigenvalue weighted by Crippen LogP contribution is 2.25. The number of nitrogens with zero attached hydrogens (tertiary/aromatic N) is 1. The average Bonchev–Trinajstić information content (AvgIpc) is 3.11. The molecule has 138 valence electrons. The first-order valence-electron chi connectivity index (χ1n) is 8.61. The lowest BCUT2D eigenvalue weighted by Crippen LogP contribution is -2.43. The number of nitrogens with two attached hydrogens (primary N) is 1. The summed E-state index contributed by atoms with van der Waals surface area (Å²) in [5, 5.41) is 0.809. The Morgan fingerprint density at radius 2 is 2.15 bits per heavy atom. The Labute approximate surface area is 150 Å². The van der Waals surface area contributed by atoms with Crippen LogP contribution in [-0.4, -0.2) is 36.4 Å². The molecule has 7 heteroatoms. The van der Waals surface area contributed by atoms with Gasteiger partial charge in [-0.15, -0.1) is 0 Å². The molecule has 26 heavy (non-hydrogen) atoms. The van der Waals surface area contributed by atoms with Gasteiger partial charge in [-0.1, -0.05) is 0 Å². The fourth-order valence-electron chi connectivity index (χ4n) is 3.53. The molecular weight excluding hydrogens is 336 g/mol. The van der Waals surface area contributed by atoms with Crippen LogP contribution in [0.4, 0.5) is 0 Å². The SMILES string of the molecule is COc1ccc2c(C)c(CCC(=O)N3CCC[C@H]3C(N)=O)c(=O)oc2c1. The highest BCUT2D eigenvalue weighted by molar-refractivity contribution is 5.87. The topological polar surface area (TPSA) is 103 Å². The fourth-order valence-corrected chi connectivity index (χ4v) is 3.53. The van der Waals surface area contributed by atoms with Crippen LogP contribution in [0, 0.1) is 6.92 Å². The molecule has 1 aromatic carbocycles. The van der Waals surface area contributed by atoms with Gasteiger partial charge in [0.15, 0.2) is 0 Å². The third kappa shape index (κ3) is 3.29. The number of carbonyl (C=O) groups is 2. The maximum atomic E-state index is 12.5. The predicted molar refractivity (Wildman–Crippen MR) is 96.0 cm³/mol. The van der Waals surface area contributed by atoms with Crippen molar-refractivity contribution in [3.05, 3.63) is 39.7 Å². The molecule has 1 fully saturated rings. The third-order valence-electron chi connectivity index (χ3n) is 4.98. The molecule has 2 amide bonds. The molecule has 2 aromatic rings. The number of hydrogen-bond acceptors (Lipinski definition) is 5. The van der Waals surface area contributed by atoms with Gasteiger partial charge in [-0.3, -0.25) is 9.59 Å². The van der Waals surface area contributed by atoms with Crippen LogP contribution in [0.1, 0.15) is 30.4 Å². The minimum Gasteiger partial charge on any atom is -0.497 e. The zero-order valence-corrected chi connectivity index (χ0v) is 14.9. The lowest BCUT2D eigenvalue weighted by atomic mass is 10.0. The van der Waals surface area contributed by atoms with Crippen molar-refractivity contribution in [3.8, 4) is 5.75 Å². The lowest BCUT2D eigenvalue weighted by molar-refractivity contribution is -0.137. The molecule has 7 nitrogen and oxygen atoms in total. The average molecular weight is 358 g/mol. The number of carbonyl (C=O) groups excluding carboxylic acids is 2. The van der Waals surface area contributed by atoms with Crippen molar-refractivity contribution in [2.75, 3.05) is 13.7 Å². The molecule has 3 rings (SSSR count). The number of benzene rings is 1. The normalized spacial score (nSPS) is 16.8. The highest BCUT2D eigenvalue weighted by atomic mass is 16.5. The molecular formula is C19H22N2O5. The summed E-state index contributed by atoms with van der Waals surface area (Å²) in [4.78, 5) is 37.8. The van der Waals surface area contributed by atoms with Crippen molar-refractivity contribution in [2.24, 2.45) is 5.73 Å². The second kappa shape index (κ2) is 7.19. The Hall–Kier alpha value is -2.83. The summed E-state index contributed by atoms with van der Waals surface area (Å²) < 4.78 is 10.5. The zero-order chi connectivity index (χ0) is 18.8. The van der Waals surface area contributed by atoms with E-state index in [0.717, 1.165) is 17.4 Å². The fraction of sp³-hybridized carbons (Fsp3) is 0.421. The number of ether oxygens (including phenoxy) is 1. The van der Waals surface area contributed by atoms with Gasteiger partial charge >= 0.3 is 5.63 Å². The zero-order valence-electron chi connectivity index (χ0n) is 14.9. The Bertz CT molecular complexity index is 918. The number of rotatable bonds is 5. The summed E-state index contributed by atoms with van der Waals surface area (Å²) in [7, 11) is 1.55. The van der Waals surface area contributed by atoms with E-state index in [0.29, 0.717) is 29.9 Å². The first kappa shape index (κ1) is 18.0. The lowest BCUT2D eigenvalue weighted by Gasteiger charge is -2.22. The summed E-state index contributed by atoms with van der Waals surface area (Å²) in [5.41, 5.74) is 6.63. The molecule has 0 saturated carbocycles. The monoisotopic (exact) mass is 358 g/mol. The Kier molecular flexibility index (Phi) is 4.97. The number of methoxy groups -OCH3 is 1. The third-order valence-corrected chi connectivity index (χ3v) is 4.98. The Balaban J connectivity index is 1.82. The van der Waals surface area contributed by atoms with E-state index in [1.54, 1.807) is 19.2 Å². The largest absolute Gasteiger partial charge is 0.497 e. The quantitative estimate of drug-likeness (QED) is 0.816. The van der Waals surface area contributed by atoms with Crippen molar-refractivity contribution in [2.45, 2.75) is 38.6 Å². The van der Waals surface area contributed by atoms with Crippen molar-refractivity contribution in [3.63, 3.8) is 0 Å². The van der Waals surface area contributed by atoms with Crippen LogP contribution in [0.3, 0.4) is 0 Å². The van der Waals surface area contributed by atoms with Crippen LogP contribution < -0.4 is 16.1 Å². The second-order valence-corrected chi connectivity index (χ2v) is 6.50. The number of aryl methyl sites for hydroxylation is 1. The molecule has 0 unspecified atom stereocenters. The molecule has 2 heterocycles. The molecule has 1 aliphatic heterocycles. The number of amides is 2. The van der Waals surface area contributed by atoms with Crippen molar-refractivity contribution in [1.29, 1.82) is 0 Å². The molecule has 2 N–H and O–H groups in total. The van der Waals surface area contributed by atoms with Crippen LogP contribution in [0.2, 0.25) is 0 Å². The number of hydrogen-bond donors (Lipinski definition) is 1. The molecule has 0 radical (unpaired) electrons. The van der Waals surface area contributed by atoms with Gasteiger partial charge in [-0.05, 0) is 43.9 Å². The van der Waals surface area contributed by atoms with Crippen LogP contribution in [-0.2, 0) is 16.0 Å². The van der Waals surface area contributed by atoms with E-state index in [-0.39, 0.29) is 18.7 Å². The standard InChI is InChI=1S/C19H22N2O5/c1-11-13-6-5-12(25-2)10-16(13)26-19(24)14(11)7-8-17(22)21-9-3-4-15(21)18(20)23/h5-6,10,15H,3-4,7-9H2,1-2H3,(H2,20,23)/t15-/m0/s1. The smallest absolute Gasteiger partial charge is 0.339 e. The molecule has 1 saturated heterocycles. The molecule has 1 aliphatic rings. The van der Waals surface area contributed by atoms with Crippen molar-refractivity contribution in [1.82, 2.24) is 4.90 Å². The number of likely N-dealkylation sites (tertiary alicyclic amines) is 1. The summed E-state index contributed by atoms with van der Waals surface area (Å²) in [5.74, 6) is -0.0411. The van der Waals surface area contributed by atoms with Gasteiger partial charge in [0.05, 0.1) is 7.11 Å². The number of fused-ring (bicyclic) bond motifs is 1. The molecule has 0 aliphatic carbocycles. The maximum Gasteiger partial charge on any atom is 0.339 e. The molecule has 0 spiro atoms. The summed E-state index contributed by atoms with van der Waals surface area (Å²) in [6.07, 6.45) is 1.76. The van der Waals surface area contributed by atoms with Gasteiger partial charge in [0.1, 0.15) is 17.4 Å². The van der Waals surface area contributed by atoms with Crippen molar-refractivity contribution >= 4 is 22.8 Å². The summed E-state index contributed by atoms with van der Waals surface area (Å²) in [6, 6.07) is 4.76. The van der Waals surface area contributed by atoms with Crippen LogP contribution in [0.5, 0.6) is 5.75 Å². The van der Waals surface area contributed by atoms with Crippen LogP contribution in [0.25, 0.3) is 11.0 Å². The van der Waals surface area contributed by atoms with E-state index in [1.165, 1.54) is 4.90 Å². The minimum atomic E-state index is -0.538. The van der Waals surface area contributed by atoms with Gasteiger partial charge in [-0.2, -0.15) is 0 Å². The first-order chi connectivity index (χ1) is 12.4. The Morgan fingerprint density at radius 3 is 2.85 bits per heavy atom. The van der Waals surface area contributed by atoms with Crippen LogP contribution >= 0.6 is 0 Å². The predicted octanol–water partition coefficient (Wildman–Crippen LogP) is 1.52. The minimum absolute atomic E-state index is 0.136. The number of primary amides is 1. The molecule has 1 aromatic heterocycles. The molecule has 0 bridgehead atoms. The van der Waals surface area contributed by atoms with Gasteiger partial charge in [0.25, 0.3) is 0 Å². The first-order valence-corrected chi connectivity index (χ1v) is 8.61. The van der Waals surface area contributed by atoms with Crippen molar-refractivity contribution < 1.29 is 18.7 Å². The van der Waals surface area contributed by atoms with E-state index < -0.39 is 17.6 Å². The van der Waals surface area contributed by atoms with E-state index >= 15 is 0 Å². The summed E-state index contributed by atoms with van der Waals surface area (Å²) in [6.45, 7) is 2.37. The van der Waals surface area contributed by atoms with E-state index in [9.17, 15) is 14.4 Å². The Morgan fingerprint density at radius 1 is 1.38 bits per heavy atom. The second-order valence-electron chi connectivity index (χ2n) is 6.50. The van der Waals surface area contributed by atoms with E-state index in [1.807, 2.05) is 13.0 Å². The van der Waals surface area contributed by atoms with Gasteiger partial charge in [0.2, 0.25) is 11.8 Å². The van der Waals surface area contributed by atoms with E-state index in [4.69, 9.17) is 14.9 Å². The molecule has 1 atom stereocenters. The highest BCUT2D eigenvalue weighted by Gasteiger charge is 2.32. The summed E-state index contributed by atoms with van der Waals surface area (Å²) >= 11 is 0. The van der Waals surface area contributed by atoms with Gasteiger partial charge in [-0.25, -0.2) is 4.79 Å². The maximum absolute atomic E-state index is 12.5. The van der Waals surface area contributed by atoms with Gasteiger partial charge in [0, 0.05) is 30.0 Å². The van der Waals surface area contributed by atoms with Gasteiger partial charge < -0.3 is 19.8 Å². The van der Waals surface area contributed by atoms with Crippen LogP contribution in [0.15, 0.2) is 27.4 Å².